The van der Waals surface area contributed by atoms with Gasteiger partial charge in [-0.1, -0.05) is 6.58 Å². The molecule has 3 aliphatic rings. The quantitative estimate of drug-likeness (QED) is 0.444. The largest absolute Gasteiger partial charge is 0.494 e. The Morgan fingerprint density at radius 3 is 2.52 bits per heavy atom. The fraction of sp³-hybridized carbons (Fsp3) is 0.478. The molecule has 0 saturated heterocycles. The van der Waals surface area contributed by atoms with Gasteiger partial charge in [0.1, 0.15) is 12.1 Å². The molecule has 1 heterocycles. The van der Waals surface area contributed by atoms with Gasteiger partial charge in [0.25, 0.3) is 0 Å². The number of ether oxygens (including phenoxy) is 1. The van der Waals surface area contributed by atoms with Crippen molar-refractivity contribution < 1.29 is 9.53 Å². The van der Waals surface area contributed by atoms with Crippen molar-refractivity contribution in [1.82, 2.24) is 19.9 Å². The second-order valence-corrected chi connectivity index (χ2v) is 9.13. The molecule has 1 aromatic heterocycles. The molecule has 1 amide bonds. The Balaban J connectivity index is 1.59. The van der Waals surface area contributed by atoms with Crippen LogP contribution < -0.4 is 25.6 Å². The third-order valence-electron chi connectivity index (χ3n) is 6.29. The van der Waals surface area contributed by atoms with Crippen LogP contribution in [0.25, 0.3) is 0 Å². The molecule has 0 atom stereocenters. The van der Waals surface area contributed by atoms with Crippen molar-refractivity contribution in [2.24, 2.45) is 5.92 Å². The number of nitrogens with one attached hydrogen (secondary N) is 3. The van der Waals surface area contributed by atoms with Gasteiger partial charge in [-0.2, -0.15) is 4.98 Å². The minimum Gasteiger partial charge on any atom is -0.494 e. The van der Waals surface area contributed by atoms with Gasteiger partial charge in [-0.05, 0) is 51.4 Å². The Hall–Kier alpha value is -3.40. The van der Waals surface area contributed by atoms with Gasteiger partial charge in [0.05, 0.1) is 24.2 Å². The zero-order valence-electron chi connectivity index (χ0n) is 19.7. The van der Waals surface area contributed by atoms with Crippen molar-refractivity contribution in [3.05, 3.63) is 31.1 Å². The van der Waals surface area contributed by atoms with E-state index in [0.29, 0.717) is 29.0 Å². The number of aromatic nitrogens is 3. The molecule has 10 heteroatoms. The highest BCUT2D eigenvalue weighted by molar-refractivity contribution is 6.02. The summed E-state index contributed by atoms with van der Waals surface area (Å²) in [5.41, 5.74) is 2.26. The van der Waals surface area contributed by atoms with Crippen molar-refractivity contribution in [3.63, 3.8) is 0 Å². The third kappa shape index (κ3) is 5.00. The van der Waals surface area contributed by atoms with Gasteiger partial charge in [0.15, 0.2) is 0 Å². The van der Waals surface area contributed by atoms with E-state index in [1.54, 1.807) is 7.11 Å². The first-order valence-electron chi connectivity index (χ1n) is 11.1. The number of hydrogen-bond donors (Lipinski definition) is 3. The van der Waals surface area contributed by atoms with E-state index in [2.05, 4.69) is 47.3 Å². The fourth-order valence-electron chi connectivity index (χ4n) is 4.31. The van der Waals surface area contributed by atoms with Crippen LogP contribution in [0.1, 0.15) is 19.3 Å². The molecule has 10 nitrogen and oxygen atoms in total. The molecule has 0 spiro atoms. The van der Waals surface area contributed by atoms with E-state index in [4.69, 9.17) is 4.74 Å². The maximum atomic E-state index is 12.1. The van der Waals surface area contributed by atoms with E-state index in [9.17, 15) is 4.79 Å². The predicted octanol–water partition coefficient (Wildman–Crippen LogP) is 2.71. The number of benzene rings is 1. The first-order valence-corrected chi connectivity index (χ1v) is 11.1. The molecule has 2 aromatic rings. The summed E-state index contributed by atoms with van der Waals surface area (Å²) in [7, 11) is 7.63. The van der Waals surface area contributed by atoms with Crippen LogP contribution in [0.2, 0.25) is 0 Å². The van der Waals surface area contributed by atoms with Crippen LogP contribution >= 0.6 is 0 Å². The molecule has 3 fully saturated rings. The Labute approximate surface area is 194 Å². The highest BCUT2D eigenvalue weighted by atomic mass is 16.5. The lowest BCUT2D eigenvalue weighted by Gasteiger charge is -2.61. The number of anilines is 5. The van der Waals surface area contributed by atoms with Crippen molar-refractivity contribution in [2.75, 3.05) is 62.2 Å². The number of hydrogen-bond acceptors (Lipinski definition) is 9. The SMILES string of the molecule is C=CC(=O)Nc1cc(Nc2ncnc(NC34CC(C3)C4)n2)c(OC)cc1N(C)CCN(C)C. The molecule has 3 saturated carbocycles. The van der Waals surface area contributed by atoms with Gasteiger partial charge in [-0.3, -0.25) is 4.79 Å². The number of carbonyl (C=O) groups is 1. The molecule has 33 heavy (non-hydrogen) atoms. The van der Waals surface area contributed by atoms with E-state index in [0.717, 1.165) is 24.7 Å². The summed E-state index contributed by atoms with van der Waals surface area (Å²) in [4.78, 5) is 29.3. The lowest BCUT2D eigenvalue weighted by Crippen LogP contribution is -2.63. The maximum Gasteiger partial charge on any atom is 0.247 e. The Bertz CT molecular complexity index is 1020. The standard InChI is InChI=1S/C23H32N8O2/c1-6-20(32)26-16-9-17(19(33-5)10-18(16)31(4)8-7-30(2)3)27-21-24-14-25-22(28-21)29-23-11-15(12-23)13-23/h6,9-10,14-15H,1,7-8,11-13H2,2-5H3,(H,26,32)(H2,24,25,27,28,29). The zero-order valence-corrected chi connectivity index (χ0v) is 19.7. The Morgan fingerprint density at radius 1 is 1.18 bits per heavy atom. The molecule has 1 aromatic carbocycles. The van der Waals surface area contributed by atoms with Crippen LogP contribution in [-0.4, -0.2) is 72.6 Å². The van der Waals surface area contributed by atoms with Gasteiger partial charge >= 0.3 is 0 Å². The van der Waals surface area contributed by atoms with E-state index < -0.39 is 0 Å². The summed E-state index contributed by atoms with van der Waals surface area (Å²) in [6.07, 6.45) is 6.29. The smallest absolute Gasteiger partial charge is 0.247 e. The number of rotatable bonds is 11. The van der Waals surface area contributed by atoms with Crippen LogP contribution in [0.4, 0.5) is 29.0 Å². The van der Waals surface area contributed by atoms with Gasteiger partial charge in [0, 0.05) is 31.7 Å². The summed E-state index contributed by atoms with van der Waals surface area (Å²) in [5.74, 6) is 2.13. The topological polar surface area (TPSA) is 108 Å². The molecule has 5 rings (SSSR count). The molecule has 2 bridgehead atoms. The van der Waals surface area contributed by atoms with Crippen molar-refractivity contribution >= 4 is 34.9 Å². The van der Waals surface area contributed by atoms with Crippen LogP contribution in [0.15, 0.2) is 31.1 Å². The molecule has 0 aliphatic heterocycles. The lowest BCUT2D eigenvalue weighted by atomic mass is 9.50. The van der Waals surface area contributed by atoms with Crippen molar-refractivity contribution in [3.8, 4) is 5.75 Å². The Kier molecular flexibility index (Phi) is 6.37. The van der Waals surface area contributed by atoms with Crippen LogP contribution in [0.3, 0.4) is 0 Å². The summed E-state index contributed by atoms with van der Waals surface area (Å²) < 4.78 is 5.64. The maximum absolute atomic E-state index is 12.1. The Morgan fingerprint density at radius 2 is 1.91 bits per heavy atom. The fourth-order valence-corrected chi connectivity index (χ4v) is 4.31. The van der Waals surface area contributed by atoms with Crippen LogP contribution in [-0.2, 0) is 4.79 Å². The molecule has 176 valence electrons. The number of methoxy groups -OCH3 is 1. The van der Waals surface area contributed by atoms with Gasteiger partial charge in [0.2, 0.25) is 17.8 Å². The summed E-state index contributed by atoms with van der Waals surface area (Å²) >= 11 is 0. The summed E-state index contributed by atoms with van der Waals surface area (Å²) in [6.45, 7) is 5.19. The average molecular weight is 453 g/mol. The van der Waals surface area contributed by atoms with Crippen molar-refractivity contribution in [2.45, 2.75) is 24.8 Å². The minimum absolute atomic E-state index is 0.169. The lowest BCUT2D eigenvalue weighted by molar-refractivity contribution is -0.111. The third-order valence-corrected chi connectivity index (χ3v) is 6.29. The number of carbonyl (C=O) groups excluding carboxylic acids is 1. The van der Waals surface area contributed by atoms with Crippen molar-refractivity contribution in [1.29, 1.82) is 0 Å². The highest BCUT2D eigenvalue weighted by Crippen LogP contribution is 2.58. The molecule has 0 unspecified atom stereocenters. The highest BCUT2D eigenvalue weighted by Gasteiger charge is 2.57. The van der Waals surface area contributed by atoms with E-state index >= 15 is 0 Å². The van der Waals surface area contributed by atoms with Crippen LogP contribution in [0, 0.1) is 5.92 Å². The number of nitrogens with zero attached hydrogens (tertiary/aromatic N) is 5. The van der Waals surface area contributed by atoms with Crippen LogP contribution in [0.5, 0.6) is 5.75 Å². The second kappa shape index (κ2) is 9.22. The van der Waals surface area contributed by atoms with E-state index in [1.165, 1.54) is 31.7 Å². The molecule has 3 aliphatic carbocycles. The summed E-state index contributed by atoms with van der Waals surface area (Å²) in [6, 6.07) is 3.71. The first kappa shape index (κ1) is 22.8. The first-order chi connectivity index (χ1) is 15.8. The number of likely N-dealkylation sites (N-methyl/N-ethyl adjacent to an activating group) is 2. The molecular weight excluding hydrogens is 420 g/mol. The molecular formula is C23H32N8O2. The second-order valence-electron chi connectivity index (χ2n) is 9.13. The monoisotopic (exact) mass is 452 g/mol. The van der Waals surface area contributed by atoms with Gasteiger partial charge in [-0.15, -0.1) is 0 Å². The van der Waals surface area contributed by atoms with Gasteiger partial charge in [-0.25, -0.2) is 9.97 Å². The average Bonchev–Trinajstić information content (AvgIpc) is 2.74. The normalized spacial score (nSPS) is 20.3. The van der Waals surface area contributed by atoms with E-state index in [-0.39, 0.29) is 11.4 Å². The molecule has 0 radical (unpaired) electrons. The van der Waals surface area contributed by atoms with Gasteiger partial charge < -0.3 is 30.5 Å². The summed E-state index contributed by atoms with van der Waals surface area (Å²) in [5, 5.41) is 9.57. The minimum atomic E-state index is -0.293. The predicted molar refractivity (Wildman–Crippen MR) is 130 cm³/mol. The van der Waals surface area contributed by atoms with E-state index in [1.807, 2.05) is 33.3 Å². The number of amides is 1. The molecule has 3 N–H and O–H groups in total. The zero-order chi connectivity index (χ0) is 23.6.